The lowest BCUT2D eigenvalue weighted by atomic mass is 10.0. The van der Waals surface area contributed by atoms with Crippen LogP contribution >= 0.6 is 0 Å². The van der Waals surface area contributed by atoms with Crippen LogP contribution in [0.4, 0.5) is 0 Å². The molecule has 4 rings (SSSR count). The van der Waals surface area contributed by atoms with E-state index < -0.39 is 0 Å². The Morgan fingerprint density at radius 1 is 0.697 bits per heavy atom. The van der Waals surface area contributed by atoms with Gasteiger partial charge in [-0.1, -0.05) is 54.6 Å². The molecule has 0 atom stereocenters. The molecule has 1 N–H and O–H groups in total. The lowest BCUT2D eigenvalue weighted by Crippen LogP contribution is -2.06. The first-order chi connectivity index (χ1) is 16.2. The van der Waals surface area contributed by atoms with E-state index in [0.29, 0.717) is 36.9 Å². The highest BCUT2D eigenvalue weighted by Gasteiger charge is 2.23. The minimum atomic E-state index is 0.400. The number of ether oxygens (including phenoxy) is 2. The molecule has 1 heterocycles. The molecule has 0 saturated heterocycles. The van der Waals surface area contributed by atoms with Gasteiger partial charge in [0, 0.05) is 12.0 Å². The SMILES string of the molecule is CCOc1ccc(CC(=N)c2cc(-c3ccccc3)cc(-c3ccccc3)[o+]2)cc1OCC. The quantitative estimate of drug-likeness (QED) is 0.220. The second-order valence-corrected chi connectivity index (χ2v) is 7.61. The molecule has 0 radical (unpaired) electrons. The molecule has 0 unspecified atom stereocenters. The monoisotopic (exact) mass is 438 g/mol. The van der Waals surface area contributed by atoms with Gasteiger partial charge in [0.05, 0.1) is 30.9 Å². The molecule has 0 aliphatic rings. The molecule has 0 spiro atoms. The van der Waals surface area contributed by atoms with Gasteiger partial charge in [0.15, 0.2) is 11.5 Å². The molecule has 0 fully saturated rings. The fourth-order valence-corrected chi connectivity index (χ4v) is 3.69. The van der Waals surface area contributed by atoms with E-state index in [1.54, 1.807) is 0 Å². The summed E-state index contributed by atoms with van der Waals surface area (Å²) < 4.78 is 17.6. The van der Waals surface area contributed by atoms with E-state index in [1.165, 1.54) is 0 Å². The van der Waals surface area contributed by atoms with Gasteiger partial charge in [-0.2, -0.15) is 0 Å². The maximum atomic E-state index is 8.83. The van der Waals surface area contributed by atoms with E-state index in [1.807, 2.05) is 92.7 Å². The van der Waals surface area contributed by atoms with Crippen LogP contribution in [0.5, 0.6) is 11.5 Å². The van der Waals surface area contributed by atoms with Crippen LogP contribution < -0.4 is 9.47 Å². The predicted molar refractivity (Wildman–Crippen MR) is 133 cm³/mol. The second kappa shape index (κ2) is 10.6. The first-order valence-electron chi connectivity index (χ1n) is 11.2. The van der Waals surface area contributed by atoms with Crippen LogP contribution in [0.3, 0.4) is 0 Å². The van der Waals surface area contributed by atoms with Crippen LogP contribution in [-0.4, -0.2) is 18.9 Å². The van der Waals surface area contributed by atoms with Gasteiger partial charge >= 0.3 is 11.5 Å². The fraction of sp³-hybridized carbons (Fsp3) is 0.172. The molecule has 4 heteroatoms. The molecule has 0 amide bonds. The van der Waals surface area contributed by atoms with Crippen molar-refractivity contribution in [3.8, 4) is 33.9 Å². The van der Waals surface area contributed by atoms with Gasteiger partial charge in [-0.15, -0.1) is 0 Å². The molecule has 1 aromatic heterocycles. The Hall–Kier alpha value is -3.92. The summed E-state index contributed by atoms with van der Waals surface area (Å²) in [5.74, 6) is 2.70. The number of benzene rings is 3. The van der Waals surface area contributed by atoms with Crippen LogP contribution in [0.15, 0.2) is 95.4 Å². The highest BCUT2D eigenvalue weighted by atomic mass is 16.5. The first-order valence-corrected chi connectivity index (χ1v) is 11.2. The van der Waals surface area contributed by atoms with Crippen molar-refractivity contribution in [1.29, 1.82) is 5.41 Å². The van der Waals surface area contributed by atoms with Crippen molar-refractivity contribution in [2.45, 2.75) is 20.3 Å². The Balaban J connectivity index is 1.69. The number of nitrogens with one attached hydrogen (secondary N) is 1. The summed E-state index contributed by atoms with van der Waals surface area (Å²) in [5.41, 5.74) is 4.44. The molecule has 0 bridgehead atoms. The molecular formula is C29H28NO3+. The highest BCUT2D eigenvalue weighted by molar-refractivity contribution is 5.98. The van der Waals surface area contributed by atoms with Crippen molar-refractivity contribution >= 4 is 5.71 Å². The van der Waals surface area contributed by atoms with Gasteiger partial charge in [-0.3, -0.25) is 5.41 Å². The van der Waals surface area contributed by atoms with Crippen molar-refractivity contribution in [3.05, 3.63) is 102 Å². The Morgan fingerprint density at radius 2 is 1.33 bits per heavy atom. The zero-order valence-electron chi connectivity index (χ0n) is 19.0. The van der Waals surface area contributed by atoms with Gasteiger partial charge in [-0.05, 0) is 49.2 Å². The lowest BCUT2D eigenvalue weighted by molar-refractivity contribution is 0.287. The van der Waals surface area contributed by atoms with E-state index in [9.17, 15) is 0 Å². The first kappa shape index (κ1) is 22.3. The van der Waals surface area contributed by atoms with E-state index in [-0.39, 0.29) is 0 Å². The Labute approximate surface area is 195 Å². The Morgan fingerprint density at radius 3 is 2.00 bits per heavy atom. The smallest absolute Gasteiger partial charge is 0.375 e. The summed E-state index contributed by atoms with van der Waals surface area (Å²) in [4.78, 5) is 0. The highest BCUT2D eigenvalue weighted by Crippen LogP contribution is 2.31. The molecule has 166 valence electrons. The molecule has 0 aliphatic carbocycles. The van der Waals surface area contributed by atoms with Gasteiger partial charge in [-0.25, -0.2) is 4.42 Å². The van der Waals surface area contributed by atoms with Crippen LogP contribution in [0.25, 0.3) is 22.5 Å². The van der Waals surface area contributed by atoms with Crippen LogP contribution in [-0.2, 0) is 6.42 Å². The molecule has 4 nitrogen and oxygen atoms in total. The molecule has 4 aromatic rings. The van der Waals surface area contributed by atoms with E-state index >= 15 is 0 Å². The predicted octanol–water partition coefficient (Wildman–Crippen LogP) is 7.30. The molecule has 0 saturated carbocycles. The minimum absolute atomic E-state index is 0.400. The van der Waals surface area contributed by atoms with Crippen molar-refractivity contribution < 1.29 is 13.9 Å². The second-order valence-electron chi connectivity index (χ2n) is 7.61. The third kappa shape index (κ3) is 5.47. The number of rotatable bonds is 9. The molecule has 0 aliphatic heterocycles. The number of hydrogen-bond donors (Lipinski definition) is 1. The average Bonchev–Trinajstić information content (AvgIpc) is 2.86. The van der Waals surface area contributed by atoms with Crippen LogP contribution in [0, 0.1) is 5.41 Å². The van der Waals surface area contributed by atoms with Crippen molar-refractivity contribution in [2.24, 2.45) is 0 Å². The summed E-state index contributed by atoms with van der Waals surface area (Å²) in [7, 11) is 0. The molecular weight excluding hydrogens is 410 g/mol. The van der Waals surface area contributed by atoms with Crippen molar-refractivity contribution in [3.63, 3.8) is 0 Å². The average molecular weight is 439 g/mol. The Bertz CT molecular complexity index is 1160. The van der Waals surface area contributed by atoms with Gasteiger partial charge in [0.25, 0.3) is 0 Å². The topological polar surface area (TPSA) is 53.6 Å². The van der Waals surface area contributed by atoms with E-state index in [2.05, 4.69) is 12.1 Å². The van der Waals surface area contributed by atoms with E-state index in [4.69, 9.17) is 19.3 Å². The van der Waals surface area contributed by atoms with E-state index in [0.717, 1.165) is 33.8 Å². The Kier molecular flexibility index (Phi) is 7.16. The van der Waals surface area contributed by atoms with Crippen molar-refractivity contribution in [1.82, 2.24) is 0 Å². The normalized spacial score (nSPS) is 10.6. The fourth-order valence-electron chi connectivity index (χ4n) is 3.69. The standard InChI is InChI=1S/C29H28NO3/c1-3-31-26-16-15-21(18-29(26)32-4-2)17-25(30)28-20-24(22-11-7-5-8-12-22)19-27(33-28)23-13-9-6-10-14-23/h5-16,18-20,30H,3-4,17H2,1-2H3/q+1. The summed E-state index contributed by atoms with van der Waals surface area (Å²) in [6.07, 6.45) is 0.419. The van der Waals surface area contributed by atoms with Gasteiger partial charge < -0.3 is 9.47 Å². The number of hydrogen-bond acceptors (Lipinski definition) is 3. The summed E-state index contributed by atoms with van der Waals surface area (Å²) >= 11 is 0. The van der Waals surface area contributed by atoms with Gasteiger partial charge in [0.1, 0.15) is 5.71 Å². The summed E-state index contributed by atoms with van der Waals surface area (Å²) in [6, 6.07) is 30.0. The maximum Gasteiger partial charge on any atom is 0.375 e. The lowest BCUT2D eigenvalue weighted by Gasteiger charge is -2.12. The minimum Gasteiger partial charge on any atom is -0.490 e. The largest absolute Gasteiger partial charge is 0.490 e. The summed E-state index contributed by atoms with van der Waals surface area (Å²) in [5, 5.41) is 8.83. The third-order valence-corrected chi connectivity index (χ3v) is 5.24. The van der Waals surface area contributed by atoms with Gasteiger partial charge in [0.2, 0.25) is 0 Å². The molecule has 3 aromatic carbocycles. The van der Waals surface area contributed by atoms with Crippen LogP contribution in [0.1, 0.15) is 25.2 Å². The summed E-state index contributed by atoms with van der Waals surface area (Å²) in [6.45, 7) is 5.02. The zero-order chi connectivity index (χ0) is 23.0. The maximum absolute atomic E-state index is 8.83. The zero-order valence-corrected chi connectivity index (χ0v) is 19.0. The van der Waals surface area contributed by atoms with Crippen LogP contribution in [0.2, 0.25) is 0 Å². The molecule has 33 heavy (non-hydrogen) atoms. The van der Waals surface area contributed by atoms with Crippen molar-refractivity contribution in [2.75, 3.05) is 13.2 Å². The third-order valence-electron chi connectivity index (χ3n) is 5.24.